The Balaban J connectivity index is 1.40. The number of aldehydes is 1. The summed E-state index contributed by atoms with van der Waals surface area (Å²) in [6.07, 6.45) is 3.59. The minimum atomic E-state index is -0.425. The first-order chi connectivity index (χ1) is 15.7. The molecule has 5 rings (SSSR count). The van der Waals surface area contributed by atoms with Crippen LogP contribution in [0.2, 0.25) is 0 Å². The maximum atomic E-state index is 14.8. The number of rotatable bonds is 7. The molecule has 0 amide bonds. The first-order valence-electron chi connectivity index (χ1n) is 10.4. The van der Waals surface area contributed by atoms with Gasteiger partial charge in [-0.15, -0.1) is 0 Å². The van der Waals surface area contributed by atoms with Gasteiger partial charge in [0, 0.05) is 34.6 Å². The molecule has 6 heteroatoms. The normalized spacial score (nSPS) is 14.9. The van der Waals surface area contributed by atoms with Crippen molar-refractivity contribution in [3.05, 3.63) is 83.4 Å². The molecule has 3 aromatic carbocycles. The van der Waals surface area contributed by atoms with E-state index in [4.69, 9.17) is 18.6 Å². The van der Waals surface area contributed by atoms with E-state index in [-0.39, 0.29) is 5.82 Å². The molecule has 162 valence electrons. The molecule has 1 atom stereocenters. The van der Waals surface area contributed by atoms with Crippen LogP contribution in [0.25, 0.3) is 11.0 Å². The van der Waals surface area contributed by atoms with Gasteiger partial charge in [-0.05, 0) is 61.4 Å². The van der Waals surface area contributed by atoms with E-state index < -0.39 is 6.10 Å². The van der Waals surface area contributed by atoms with E-state index in [1.807, 2.05) is 36.4 Å². The van der Waals surface area contributed by atoms with Gasteiger partial charge in [-0.3, -0.25) is 0 Å². The second-order valence-corrected chi connectivity index (χ2v) is 7.65. The Hall–Kier alpha value is -3.80. The smallest absolute Gasteiger partial charge is 0.137 e. The summed E-state index contributed by atoms with van der Waals surface area (Å²) < 4.78 is 37.7. The van der Waals surface area contributed by atoms with E-state index in [1.165, 1.54) is 6.07 Å². The molecule has 0 saturated carbocycles. The SMILES string of the molecule is COc1ccc(Oc2ccc(F)c3c2CCC3Oc2ccc3c(CC=O)coc3c2)cc1. The summed E-state index contributed by atoms with van der Waals surface area (Å²) in [6, 6.07) is 15.8. The number of carbonyl (C=O) groups is 1. The molecule has 0 spiro atoms. The van der Waals surface area contributed by atoms with Crippen LogP contribution in [0.1, 0.15) is 29.2 Å². The van der Waals surface area contributed by atoms with E-state index >= 15 is 0 Å². The average molecular weight is 432 g/mol. The van der Waals surface area contributed by atoms with Gasteiger partial charge in [0.05, 0.1) is 13.4 Å². The summed E-state index contributed by atoms with van der Waals surface area (Å²) >= 11 is 0. The maximum absolute atomic E-state index is 14.8. The molecule has 5 nitrogen and oxygen atoms in total. The number of hydrogen-bond acceptors (Lipinski definition) is 5. The predicted octanol–water partition coefficient (Wildman–Crippen LogP) is 6.18. The molecule has 0 N–H and O–H groups in total. The van der Waals surface area contributed by atoms with E-state index in [1.54, 1.807) is 25.5 Å². The van der Waals surface area contributed by atoms with Crippen LogP contribution in [-0.2, 0) is 17.6 Å². The number of carbonyl (C=O) groups excluding carboxylic acids is 1. The highest BCUT2D eigenvalue weighted by Gasteiger charge is 2.31. The van der Waals surface area contributed by atoms with Crippen LogP contribution in [0.3, 0.4) is 0 Å². The van der Waals surface area contributed by atoms with Gasteiger partial charge in [0.2, 0.25) is 0 Å². The number of methoxy groups -OCH3 is 1. The minimum absolute atomic E-state index is 0.297. The zero-order valence-corrected chi connectivity index (χ0v) is 17.5. The third kappa shape index (κ3) is 3.68. The van der Waals surface area contributed by atoms with Crippen molar-refractivity contribution in [3.8, 4) is 23.0 Å². The molecule has 0 saturated heterocycles. The Bertz CT molecular complexity index is 1280. The molecule has 1 aliphatic rings. The monoisotopic (exact) mass is 432 g/mol. The molecule has 1 aromatic heterocycles. The Kier molecular flexibility index (Phi) is 5.27. The predicted molar refractivity (Wildman–Crippen MR) is 117 cm³/mol. The second-order valence-electron chi connectivity index (χ2n) is 7.65. The molecule has 0 radical (unpaired) electrons. The van der Waals surface area contributed by atoms with Crippen LogP contribution in [0, 0.1) is 5.82 Å². The number of halogens is 1. The number of furan rings is 1. The van der Waals surface area contributed by atoms with E-state index in [0.29, 0.717) is 47.7 Å². The fourth-order valence-electron chi connectivity index (χ4n) is 4.18. The van der Waals surface area contributed by atoms with E-state index in [9.17, 15) is 9.18 Å². The van der Waals surface area contributed by atoms with E-state index in [2.05, 4.69) is 0 Å². The molecule has 4 aromatic rings. The molecule has 0 fully saturated rings. The average Bonchev–Trinajstić information content (AvgIpc) is 3.41. The zero-order valence-electron chi connectivity index (χ0n) is 17.5. The van der Waals surface area contributed by atoms with Gasteiger partial charge in [0.1, 0.15) is 46.8 Å². The summed E-state index contributed by atoms with van der Waals surface area (Å²) in [5.41, 5.74) is 2.81. The molecule has 32 heavy (non-hydrogen) atoms. The maximum Gasteiger partial charge on any atom is 0.137 e. The highest BCUT2D eigenvalue weighted by Crippen LogP contribution is 2.43. The van der Waals surface area contributed by atoms with Crippen LogP contribution < -0.4 is 14.2 Å². The lowest BCUT2D eigenvalue weighted by Crippen LogP contribution is -2.06. The Morgan fingerprint density at radius 3 is 2.62 bits per heavy atom. The first-order valence-corrected chi connectivity index (χ1v) is 10.4. The lowest BCUT2D eigenvalue weighted by Gasteiger charge is -2.17. The summed E-state index contributed by atoms with van der Waals surface area (Å²) in [5, 5.41) is 0.873. The number of fused-ring (bicyclic) bond motifs is 2. The number of hydrogen-bond donors (Lipinski definition) is 0. The number of ether oxygens (including phenoxy) is 3. The largest absolute Gasteiger partial charge is 0.497 e. The summed E-state index contributed by atoms with van der Waals surface area (Å²) in [7, 11) is 1.61. The Labute approximate surface area is 184 Å². The second kappa shape index (κ2) is 8.38. The van der Waals surface area contributed by atoms with Gasteiger partial charge >= 0.3 is 0 Å². The van der Waals surface area contributed by atoms with Crippen molar-refractivity contribution in [1.29, 1.82) is 0 Å². The summed E-state index contributed by atoms with van der Waals surface area (Å²) in [4.78, 5) is 10.8. The van der Waals surface area contributed by atoms with Gasteiger partial charge in [-0.1, -0.05) is 0 Å². The van der Waals surface area contributed by atoms with Crippen molar-refractivity contribution in [1.82, 2.24) is 0 Å². The molecule has 1 aliphatic carbocycles. The van der Waals surface area contributed by atoms with Crippen molar-refractivity contribution in [3.63, 3.8) is 0 Å². The van der Waals surface area contributed by atoms with Crippen molar-refractivity contribution in [2.45, 2.75) is 25.4 Å². The Morgan fingerprint density at radius 1 is 1.06 bits per heavy atom. The summed E-state index contributed by atoms with van der Waals surface area (Å²) in [5.74, 6) is 2.29. The molecular weight excluding hydrogens is 411 g/mol. The fraction of sp³-hybridized carbons (Fsp3) is 0.192. The number of benzene rings is 3. The van der Waals surface area contributed by atoms with Gasteiger partial charge in [-0.2, -0.15) is 0 Å². The Morgan fingerprint density at radius 2 is 1.84 bits per heavy atom. The quantitative estimate of drug-likeness (QED) is 0.326. The standard InChI is InChI=1S/C26H21FO5/c1-29-17-2-4-18(5-3-17)31-23-11-9-22(27)26-21(23)8-10-24(26)32-19-6-7-20-16(12-13-28)15-30-25(20)14-19/h2-7,9,11,13-15,24H,8,10,12H2,1H3. The third-order valence-corrected chi connectivity index (χ3v) is 5.74. The molecular formula is C26H21FO5. The van der Waals surface area contributed by atoms with Gasteiger partial charge < -0.3 is 23.4 Å². The third-order valence-electron chi connectivity index (χ3n) is 5.74. The van der Waals surface area contributed by atoms with Crippen molar-refractivity contribution in [2.75, 3.05) is 7.11 Å². The van der Waals surface area contributed by atoms with Crippen LogP contribution in [0.15, 0.2) is 65.3 Å². The van der Waals surface area contributed by atoms with Gasteiger partial charge in [0.25, 0.3) is 0 Å². The lowest BCUT2D eigenvalue weighted by molar-refractivity contribution is -0.107. The fourth-order valence-corrected chi connectivity index (χ4v) is 4.18. The van der Waals surface area contributed by atoms with Crippen molar-refractivity contribution >= 4 is 17.3 Å². The summed E-state index contributed by atoms with van der Waals surface area (Å²) in [6.45, 7) is 0. The van der Waals surface area contributed by atoms with Crippen LogP contribution in [-0.4, -0.2) is 13.4 Å². The lowest BCUT2D eigenvalue weighted by atomic mass is 10.1. The van der Waals surface area contributed by atoms with Crippen molar-refractivity contribution < 1.29 is 27.8 Å². The highest BCUT2D eigenvalue weighted by atomic mass is 19.1. The minimum Gasteiger partial charge on any atom is -0.497 e. The molecule has 1 heterocycles. The van der Waals surface area contributed by atoms with Crippen LogP contribution in [0.5, 0.6) is 23.0 Å². The van der Waals surface area contributed by atoms with Crippen LogP contribution >= 0.6 is 0 Å². The van der Waals surface area contributed by atoms with Crippen LogP contribution in [0.4, 0.5) is 4.39 Å². The van der Waals surface area contributed by atoms with E-state index in [0.717, 1.165) is 28.5 Å². The zero-order chi connectivity index (χ0) is 22.1. The van der Waals surface area contributed by atoms with Gasteiger partial charge in [-0.25, -0.2) is 4.39 Å². The molecule has 1 unspecified atom stereocenters. The molecule has 0 aliphatic heterocycles. The topological polar surface area (TPSA) is 57.9 Å². The first kappa shape index (κ1) is 20.1. The van der Waals surface area contributed by atoms with Crippen molar-refractivity contribution in [2.24, 2.45) is 0 Å². The molecule has 0 bridgehead atoms. The van der Waals surface area contributed by atoms with Gasteiger partial charge in [0.15, 0.2) is 0 Å². The highest BCUT2D eigenvalue weighted by molar-refractivity contribution is 5.84.